The van der Waals surface area contributed by atoms with Crippen molar-refractivity contribution in [1.82, 2.24) is 0 Å². The van der Waals surface area contributed by atoms with E-state index in [1.807, 2.05) is 0 Å². The number of benzene rings is 4. The van der Waals surface area contributed by atoms with Gasteiger partial charge in [-0.05, 0) is 57.7 Å². The molecule has 1 unspecified atom stereocenters. The van der Waals surface area contributed by atoms with E-state index in [1.54, 1.807) is 0 Å². The molecule has 0 nitrogen and oxygen atoms in total. The summed E-state index contributed by atoms with van der Waals surface area (Å²) in [5.41, 5.74) is 10.2. The summed E-state index contributed by atoms with van der Waals surface area (Å²) in [5.74, 6) is 0.577. The molecule has 4 aromatic rings. The van der Waals surface area contributed by atoms with Crippen LogP contribution in [0.25, 0.3) is 5.57 Å². The van der Waals surface area contributed by atoms with Gasteiger partial charge >= 0.3 is 0 Å². The first-order chi connectivity index (χ1) is 15.3. The molecule has 0 heteroatoms. The number of hydrogen-bond acceptors (Lipinski definition) is 0. The number of hydrogen-bond donors (Lipinski definition) is 0. The fraction of sp³-hybridized carbons (Fsp3) is 0.161. The second-order valence-electron chi connectivity index (χ2n) is 9.37. The molecule has 0 saturated heterocycles. The molecule has 0 amide bonds. The molecule has 31 heavy (non-hydrogen) atoms. The van der Waals surface area contributed by atoms with Crippen molar-refractivity contribution in [2.24, 2.45) is 5.92 Å². The molecule has 4 aromatic carbocycles. The topological polar surface area (TPSA) is 0 Å². The van der Waals surface area contributed by atoms with Crippen LogP contribution >= 0.6 is 0 Å². The van der Waals surface area contributed by atoms with Gasteiger partial charge in [-0.3, -0.25) is 0 Å². The van der Waals surface area contributed by atoms with E-state index in [1.165, 1.54) is 39.0 Å². The van der Waals surface area contributed by atoms with Crippen molar-refractivity contribution in [1.29, 1.82) is 0 Å². The fourth-order valence-corrected chi connectivity index (χ4v) is 7.02. The summed E-state index contributed by atoms with van der Waals surface area (Å²) in [6, 6.07) is 40.8. The van der Waals surface area contributed by atoms with Crippen LogP contribution in [0.2, 0.25) is 0 Å². The van der Waals surface area contributed by atoms with E-state index in [-0.39, 0.29) is 10.8 Å². The third kappa shape index (κ3) is 2.05. The van der Waals surface area contributed by atoms with Crippen LogP contribution in [0.4, 0.5) is 0 Å². The standard InChI is InChI=1S/C31H24/c1-3-11-22(12-4-1)23-19-25-21-31(24-13-5-2-6-14-24)28-17-9-7-15-26(28)30(25,20-23)27-16-8-10-18-29(27)31/h1-18,20,25H,19,21H2. The van der Waals surface area contributed by atoms with Crippen LogP contribution in [-0.4, -0.2) is 0 Å². The minimum absolute atomic E-state index is 0.0190. The van der Waals surface area contributed by atoms with Crippen LogP contribution in [0.5, 0.6) is 0 Å². The molecule has 0 saturated carbocycles. The average molecular weight is 397 g/mol. The summed E-state index contributed by atoms with van der Waals surface area (Å²) in [6.45, 7) is 0. The molecule has 1 atom stereocenters. The summed E-state index contributed by atoms with van der Waals surface area (Å²) in [6.07, 6.45) is 4.93. The zero-order chi connectivity index (χ0) is 20.5. The van der Waals surface area contributed by atoms with Gasteiger partial charge in [0.2, 0.25) is 0 Å². The van der Waals surface area contributed by atoms with Gasteiger partial charge in [-0.15, -0.1) is 0 Å². The van der Waals surface area contributed by atoms with Gasteiger partial charge in [0.05, 0.1) is 0 Å². The van der Waals surface area contributed by atoms with Crippen molar-refractivity contribution < 1.29 is 0 Å². The quantitative estimate of drug-likeness (QED) is 0.338. The third-order valence-electron chi connectivity index (χ3n) is 8.14. The zero-order valence-electron chi connectivity index (χ0n) is 17.5. The van der Waals surface area contributed by atoms with E-state index in [0.717, 1.165) is 12.8 Å². The van der Waals surface area contributed by atoms with E-state index < -0.39 is 0 Å². The van der Waals surface area contributed by atoms with Crippen molar-refractivity contribution >= 4 is 5.57 Å². The highest BCUT2D eigenvalue weighted by atomic mass is 14.6. The molecule has 0 aromatic heterocycles. The van der Waals surface area contributed by atoms with Gasteiger partial charge in [-0.2, -0.15) is 0 Å². The van der Waals surface area contributed by atoms with Crippen LogP contribution in [0.15, 0.2) is 115 Å². The van der Waals surface area contributed by atoms with Crippen LogP contribution in [0, 0.1) is 5.92 Å². The lowest BCUT2D eigenvalue weighted by molar-refractivity contribution is 0.267. The summed E-state index contributed by atoms with van der Waals surface area (Å²) in [7, 11) is 0. The van der Waals surface area contributed by atoms with Gasteiger partial charge in [0, 0.05) is 10.8 Å². The van der Waals surface area contributed by atoms with Crippen molar-refractivity contribution in [2.75, 3.05) is 0 Å². The van der Waals surface area contributed by atoms with Crippen LogP contribution in [0.1, 0.15) is 46.2 Å². The van der Waals surface area contributed by atoms with E-state index in [0.29, 0.717) is 5.92 Å². The Kier molecular flexibility index (Phi) is 3.39. The Balaban J connectivity index is 1.58. The highest BCUT2D eigenvalue weighted by molar-refractivity contribution is 5.79. The molecular weight excluding hydrogens is 372 g/mol. The maximum Gasteiger partial charge on any atom is 0.0461 e. The van der Waals surface area contributed by atoms with E-state index >= 15 is 0 Å². The maximum atomic E-state index is 2.62. The minimum Gasteiger partial charge on any atom is -0.0655 e. The fourth-order valence-electron chi connectivity index (χ4n) is 7.02. The molecule has 0 N–H and O–H groups in total. The number of allylic oxidation sites excluding steroid dienone is 2. The lowest BCUT2D eigenvalue weighted by Gasteiger charge is -2.57. The summed E-state index contributed by atoms with van der Waals surface area (Å²) in [4.78, 5) is 0. The summed E-state index contributed by atoms with van der Waals surface area (Å²) < 4.78 is 0. The van der Waals surface area contributed by atoms with Crippen molar-refractivity contribution in [3.05, 3.63) is 149 Å². The Morgan fingerprint density at radius 3 is 1.68 bits per heavy atom. The molecule has 8 rings (SSSR count). The van der Waals surface area contributed by atoms with Crippen molar-refractivity contribution in [3.8, 4) is 0 Å². The van der Waals surface area contributed by atoms with Crippen molar-refractivity contribution in [3.63, 3.8) is 0 Å². The largest absolute Gasteiger partial charge is 0.0655 e. The van der Waals surface area contributed by atoms with Crippen LogP contribution in [0.3, 0.4) is 0 Å². The average Bonchev–Trinajstić information content (AvgIpc) is 3.26. The number of rotatable bonds is 2. The molecular formula is C31H24. The highest BCUT2D eigenvalue weighted by Gasteiger charge is 2.61. The molecule has 2 bridgehead atoms. The van der Waals surface area contributed by atoms with E-state index in [2.05, 4.69) is 115 Å². The SMILES string of the molecule is C1=C(c2ccccc2)CC2CC3(c4ccccc4)c4ccccc4C12c1ccccc13. The second-order valence-corrected chi connectivity index (χ2v) is 9.37. The second kappa shape index (κ2) is 6.08. The highest BCUT2D eigenvalue weighted by Crippen LogP contribution is 2.68. The Hall–Kier alpha value is -3.38. The van der Waals surface area contributed by atoms with Gasteiger partial charge in [-0.25, -0.2) is 0 Å². The monoisotopic (exact) mass is 396 g/mol. The van der Waals surface area contributed by atoms with Gasteiger partial charge < -0.3 is 0 Å². The lowest BCUT2D eigenvalue weighted by Crippen LogP contribution is -2.52. The molecule has 0 heterocycles. The molecule has 1 spiro atoms. The molecule has 0 radical (unpaired) electrons. The van der Waals surface area contributed by atoms with Gasteiger partial charge in [0.15, 0.2) is 0 Å². The molecule has 4 aliphatic rings. The Bertz CT molecular complexity index is 1280. The van der Waals surface area contributed by atoms with E-state index in [4.69, 9.17) is 0 Å². The Labute approximate surface area is 183 Å². The van der Waals surface area contributed by atoms with Gasteiger partial charge in [0.25, 0.3) is 0 Å². The Morgan fingerprint density at radius 2 is 1.06 bits per heavy atom. The first-order valence-electron chi connectivity index (χ1n) is 11.4. The minimum atomic E-state index is -0.0686. The predicted octanol–water partition coefficient (Wildman–Crippen LogP) is 7.13. The third-order valence-corrected chi connectivity index (χ3v) is 8.14. The lowest BCUT2D eigenvalue weighted by atomic mass is 9.45. The summed E-state index contributed by atoms with van der Waals surface area (Å²) in [5, 5.41) is 0. The molecule has 0 aliphatic heterocycles. The normalized spacial score (nSPS) is 27.2. The van der Waals surface area contributed by atoms with Gasteiger partial charge in [-0.1, -0.05) is 115 Å². The summed E-state index contributed by atoms with van der Waals surface area (Å²) >= 11 is 0. The molecule has 0 fully saturated rings. The van der Waals surface area contributed by atoms with Crippen LogP contribution < -0.4 is 0 Å². The first kappa shape index (κ1) is 17.3. The predicted molar refractivity (Wildman–Crippen MR) is 127 cm³/mol. The van der Waals surface area contributed by atoms with E-state index in [9.17, 15) is 0 Å². The Morgan fingerprint density at radius 1 is 0.548 bits per heavy atom. The first-order valence-corrected chi connectivity index (χ1v) is 11.4. The maximum absolute atomic E-state index is 2.62. The van der Waals surface area contributed by atoms with Gasteiger partial charge in [0.1, 0.15) is 0 Å². The smallest absolute Gasteiger partial charge is 0.0461 e. The van der Waals surface area contributed by atoms with Crippen LogP contribution in [-0.2, 0) is 10.8 Å². The van der Waals surface area contributed by atoms with Crippen molar-refractivity contribution in [2.45, 2.75) is 23.7 Å². The molecule has 148 valence electrons. The zero-order valence-corrected chi connectivity index (χ0v) is 17.5. The molecule has 4 aliphatic carbocycles.